The Kier molecular flexibility index (Phi) is 3.68. The van der Waals surface area contributed by atoms with Crippen molar-refractivity contribution in [3.8, 4) is 0 Å². The summed E-state index contributed by atoms with van der Waals surface area (Å²) in [5, 5.41) is 15.3. The summed E-state index contributed by atoms with van der Waals surface area (Å²) in [7, 11) is 0. The minimum absolute atomic E-state index is 0.249. The zero-order valence-electron chi connectivity index (χ0n) is 10.6. The molecule has 2 heterocycles. The van der Waals surface area contributed by atoms with Crippen LogP contribution in [0.4, 0.5) is 11.8 Å². The summed E-state index contributed by atoms with van der Waals surface area (Å²) in [4.78, 5) is 8.34. The molecule has 5 nitrogen and oxygen atoms in total. The maximum Gasteiger partial charge on any atom is 0.222 e. The van der Waals surface area contributed by atoms with Crippen molar-refractivity contribution in [3.05, 3.63) is 11.4 Å². The second-order valence-corrected chi connectivity index (χ2v) is 5.58. The van der Waals surface area contributed by atoms with E-state index in [0.717, 1.165) is 23.1 Å². The van der Waals surface area contributed by atoms with Gasteiger partial charge >= 0.3 is 0 Å². The van der Waals surface area contributed by atoms with Crippen LogP contribution >= 0.6 is 11.3 Å². The average Bonchev–Trinajstić information content (AvgIpc) is 2.73. The molecule has 2 aromatic heterocycles. The number of hydrogen-bond acceptors (Lipinski definition) is 6. The number of thiophene rings is 1. The molecule has 0 bridgehead atoms. The van der Waals surface area contributed by atoms with Gasteiger partial charge in [-0.2, -0.15) is 4.98 Å². The monoisotopic (exact) mass is 266 g/mol. The Morgan fingerprint density at radius 1 is 1.50 bits per heavy atom. The highest BCUT2D eigenvalue weighted by atomic mass is 32.1. The zero-order chi connectivity index (χ0) is 13.2. The molecule has 0 aliphatic heterocycles. The van der Waals surface area contributed by atoms with E-state index in [0.29, 0.717) is 12.4 Å². The lowest BCUT2D eigenvalue weighted by Gasteiger charge is -2.23. The van der Waals surface area contributed by atoms with E-state index in [9.17, 15) is 5.11 Å². The van der Waals surface area contributed by atoms with Gasteiger partial charge in [0.1, 0.15) is 5.82 Å². The highest BCUT2D eigenvalue weighted by Gasteiger charge is 2.19. The van der Waals surface area contributed by atoms with E-state index in [1.165, 1.54) is 0 Å². The normalized spacial score (nSPS) is 14.6. The summed E-state index contributed by atoms with van der Waals surface area (Å²) < 4.78 is 0.969. The minimum atomic E-state index is -0.738. The summed E-state index contributed by atoms with van der Waals surface area (Å²) in [5.74, 6) is 0.947. The fraction of sp³-hybridized carbons (Fsp3) is 0.500. The van der Waals surface area contributed by atoms with Gasteiger partial charge in [0.2, 0.25) is 5.95 Å². The van der Waals surface area contributed by atoms with Crippen LogP contribution in [0.3, 0.4) is 0 Å². The van der Waals surface area contributed by atoms with E-state index >= 15 is 0 Å². The number of anilines is 2. The molecular weight excluding hydrogens is 248 g/mol. The van der Waals surface area contributed by atoms with Crippen molar-refractivity contribution >= 4 is 33.3 Å². The number of nitrogens with zero attached hydrogens (tertiary/aromatic N) is 2. The summed E-state index contributed by atoms with van der Waals surface area (Å²) in [6, 6.07) is 1.91. The molecule has 4 N–H and O–H groups in total. The number of nitrogen functional groups attached to an aromatic ring is 1. The number of fused-ring (bicyclic) bond motifs is 1. The van der Waals surface area contributed by atoms with Gasteiger partial charge in [0.15, 0.2) is 0 Å². The molecule has 98 valence electrons. The molecule has 18 heavy (non-hydrogen) atoms. The van der Waals surface area contributed by atoms with Crippen LogP contribution in [0.2, 0.25) is 0 Å². The average molecular weight is 266 g/mol. The van der Waals surface area contributed by atoms with Gasteiger partial charge in [0, 0.05) is 6.54 Å². The summed E-state index contributed by atoms with van der Waals surface area (Å²) >= 11 is 1.56. The van der Waals surface area contributed by atoms with Crippen molar-refractivity contribution in [2.24, 2.45) is 0 Å². The van der Waals surface area contributed by atoms with Crippen LogP contribution < -0.4 is 11.1 Å². The second kappa shape index (κ2) is 5.07. The van der Waals surface area contributed by atoms with Crippen LogP contribution in [0.5, 0.6) is 0 Å². The number of hydrogen-bond donors (Lipinski definition) is 3. The van der Waals surface area contributed by atoms with Gasteiger partial charge < -0.3 is 16.2 Å². The maximum absolute atomic E-state index is 10.1. The van der Waals surface area contributed by atoms with Gasteiger partial charge in [-0.05, 0) is 24.8 Å². The number of nitrogens with two attached hydrogens (primary N) is 1. The fourth-order valence-electron chi connectivity index (χ4n) is 1.90. The maximum atomic E-state index is 10.1. The number of rotatable bonds is 5. The first-order valence-electron chi connectivity index (χ1n) is 5.99. The first kappa shape index (κ1) is 13.0. The van der Waals surface area contributed by atoms with Gasteiger partial charge in [-0.1, -0.05) is 13.3 Å². The third kappa shape index (κ3) is 2.88. The predicted molar refractivity (Wildman–Crippen MR) is 75.8 cm³/mol. The predicted octanol–water partition coefficient (Wildman–Crippen LogP) is 2.24. The Hall–Kier alpha value is -1.40. The summed E-state index contributed by atoms with van der Waals surface area (Å²) in [6.45, 7) is 4.32. The molecular formula is C12H18N4OS. The van der Waals surface area contributed by atoms with Crippen molar-refractivity contribution in [1.82, 2.24) is 9.97 Å². The highest BCUT2D eigenvalue weighted by Crippen LogP contribution is 2.27. The van der Waals surface area contributed by atoms with E-state index in [-0.39, 0.29) is 5.95 Å². The minimum Gasteiger partial charge on any atom is -0.388 e. The number of nitrogens with one attached hydrogen (secondary N) is 1. The molecule has 2 aromatic rings. The van der Waals surface area contributed by atoms with E-state index in [4.69, 9.17) is 5.73 Å². The van der Waals surface area contributed by atoms with Crippen LogP contribution in [0.1, 0.15) is 26.7 Å². The Morgan fingerprint density at radius 3 is 3.00 bits per heavy atom. The van der Waals surface area contributed by atoms with Crippen LogP contribution in [0, 0.1) is 0 Å². The van der Waals surface area contributed by atoms with Crippen LogP contribution in [-0.4, -0.2) is 27.2 Å². The van der Waals surface area contributed by atoms with E-state index in [1.807, 2.05) is 18.4 Å². The van der Waals surface area contributed by atoms with Crippen LogP contribution in [0.25, 0.3) is 10.2 Å². The van der Waals surface area contributed by atoms with Crippen LogP contribution in [0.15, 0.2) is 11.4 Å². The van der Waals surface area contributed by atoms with Gasteiger partial charge in [-0.3, -0.25) is 0 Å². The molecule has 0 saturated carbocycles. The topological polar surface area (TPSA) is 84.1 Å². The van der Waals surface area contributed by atoms with Crippen molar-refractivity contribution in [2.45, 2.75) is 32.3 Å². The lowest BCUT2D eigenvalue weighted by atomic mass is 10.0. The van der Waals surface area contributed by atoms with Gasteiger partial charge in [0.25, 0.3) is 0 Å². The van der Waals surface area contributed by atoms with Crippen molar-refractivity contribution in [1.29, 1.82) is 0 Å². The van der Waals surface area contributed by atoms with Gasteiger partial charge in [0.05, 0.1) is 15.8 Å². The standard InChI is InChI=1S/C12H18N4OS/c1-3-5-12(2,17)7-14-10-9-8(4-6-18-9)15-11(13)16-10/h4,6,17H,3,5,7H2,1-2H3,(H3,13,14,15,16). The third-order valence-corrected chi connectivity index (χ3v) is 3.66. The van der Waals surface area contributed by atoms with Gasteiger partial charge in [-0.25, -0.2) is 4.98 Å². The number of aromatic nitrogens is 2. The third-order valence-electron chi connectivity index (χ3n) is 2.75. The smallest absolute Gasteiger partial charge is 0.222 e. The van der Waals surface area contributed by atoms with Crippen molar-refractivity contribution in [3.63, 3.8) is 0 Å². The molecule has 0 saturated heterocycles. The van der Waals surface area contributed by atoms with Gasteiger partial charge in [-0.15, -0.1) is 11.3 Å². The SMILES string of the molecule is CCCC(C)(O)CNc1nc(N)nc2ccsc12. The summed E-state index contributed by atoms with van der Waals surface area (Å²) in [6.07, 6.45) is 1.68. The van der Waals surface area contributed by atoms with Crippen molar-refractivity contribution in [2.75, 3.05) is 17.6 Å². The molecule has 0 radical (unpaired) electrons. The second-order valence-electron chi connectivity index (χ2n) is 4.67. The Bertz CT molecular complexity index is 538. The largest absolute Gasteiger partial charge is 0.388 e. The van der Waals surface area contributed by atoms with E-state index < -0.39 is 5.60 Å². The zero-order valence-corrected chi connectivity index (χ0v) is 11.4. The quantitative estimate of drug-likeness (QED) is 0.773. The highest BCUT2D eigenvalue weighted by molar-refractivity contribution is 7.17. The van der Waals surface area contributed by atoms with E-state index in [2.05, 4.69) is 22.2 Å². The lowest BCUT2D eigenvalue weighted by molar-refractivity contribution is 0.0636. The number of aliphatic hydroxyl groups is 1. The van der Waals surface area contributed by atoms with E-state index in [1.54, 1.807) is 11.3 Å². The summed E-state index contributed by atoms with van der Waals surface area (Å²) in [5.41, 5.74) is 5.76. The lowest BCUT2D eigenvalue weighted by Crippen LogP contribution is -2.33. The molecule has 0 aliphatic carbocycles. The molecule has 0 spiro atoms. The first-order valence-corrected chi connectivity index (χ1v) is 6.87. The Balaban J connectivity index is 2.19. The molecule has 1 atom stereocenters. The molecule has 0 aliphatic rings. The molecule has 6 heteroatoms. The first-order chi connectivity index (χ1) is 8.52. The Labute approximate surface area is 110 Å². The van der Waals surface area contributed by atoms with Crippen molar-refractivity contribution < 1.29 is 5.11 Å². The Morgan fingerprint density at radius 2 is 2.28 bits per heavy atom. The van der Waals surface area contributed by atoms with Crippen LogP contribution in [-0.2, 0) is 0 Å². The molecule has 0 aromatic carbocycles. The molecule has 2 rings (SSSR count). The molecule has 1 unspecified atom stereocenters. The fourth-order valence-corrected chi connectivity index (χ4v) is 2.70. The molecule has 0 fully saturated rings. The molecule has 0 amide bonds.